The Balaban J connectivity index is 1.38. The van der Waals surface area contributed by atoms with Gasteiger partial charge in [0.2, 0.25) is 0 Å². The van der Waals surface area contributed by atoms with Gasteiger partial charge in [0.05, 0.1) is 51.1 Å². The molecule has 0 saturated carbocycles. The zero-order valence-corrected chi connectivity index (χ0v) is 32.5. The zero-order valence-electron chi connectivity index (χ0n) is 32.5. The van der Waals surface area contributed by atoms with Crippen LogP contribution in [0.25, 0.3) is 95.3 Å². The van der Waals surface area contributed by atoms with Gasteiger partial charge < -0.3 is 4.57 Å². The van der Waals surface area contributed by atoms with Crippen molar-refractivity contribution in [1.82, 2.24) is 24.5 Å². The standard InChI is InChI=1S/C53H36N6/c1-34-23-25-41-42-26-24-35(2)28-50(42)59(49(41)27-34)51-43(48-32-47(39-19-11-5-12-20-39)55-52(58-48)40-21-13-6-14-22-40)29-36(33-54)30-44(51)53-56-45(37-15-7-3-8-16-37)31-46(57-53)38-17-9-4-10-18-38/h3-32H,1-2H3. The number of nitriles is 1. The van der Waals surface area contributed by atoms with E-state index in [-0.39, 0.29) is 0 Å². The van der Waals surface area contributed by atoms with Crippen molar-refractivity contribution in [2.45, 2.75) is 13.8 Å². The monoisotopic (exact) mass is 756 g/mol. The van der Waals surface area contributed by atoms with Gasteiger partial charge in [-0.1, -0.05) is 146 Å². The molecule has 0 fully saturated rings. The fourth-order valence-electron chi connectivity index (χ4n) is 7.92. The smallest absolute Gasteiger partial charge is 0.162 e. The van der Waals surface area contributed by atoms with Crippen molar-refractivity contribution < 1.29 is 0 Å². The van der Waals surface area contributed by atoms with Gasteiger partial charge in [0.1, 0.15) is 0 Å². The average Bonchev–Trinajstić information content (AvgIpc) is 3.61. The van der Waals surface area contributed by atoms with Gasteiger partial charge >= 0.3 is 0 Å². The minimum absolute atomic E-state index is 0.461. The summed E-state index contributed by atoms with van der Waals surface area (Å²) in [5, 5.41) is 13.1. The lowest BCUT2D eigenvalue weighted by atomic mass is 9.97. The maximum absolute atomic E-state index is 10.8. The Morgan fingerprint density at radius 1 is 0.407 bits per heavy atom. The van der Waals surface area contributed by atoms with E-state index < -0.39 is 0 Å². The molecule has 0 N–H and O–H groups in total. The molecule has 0 unspecified atom stereocenters. The highest BCUT2D eigenvalue weighted by molar-refractivity contribution is 6.11. The Hall–Kier alpha value is -8.01. The minimum Gasteiger partial charge on any atom is -0.308 e. The summed E-state index contributed by atoms with van der Waals surface area (Å²) in [6.45, 7) is 4.24. The van der Waals surface area contributed by atoms with Gasteiger partial charge in [0, 0.05) is 44.2 Å². The molecular formula is C53H36N6. The molecule has 7 aromatic carbocycles. The Labute approximate surface area is 342 Å². The molecule has 0 aliphatic heterocycles. The van der Waals surface area contributed by atoms with Gasteiger partial charge in [-0.25, -0.2) is 19.9 Å². The maximum Gasteiger partial charge on any atom is 0.162 e. The number of aryl methyl sites for hydroxylation is 2. The van der Waals surface area contributed by atoms with Crippen LogP contribution >= 0.6 is 0 Å². The van der Waals surface area contributed by atoms with Crippen LogP contribution in [0.5, 0.6) is 0 Å². The molecule has 0 aliphatic carbocycles. The Morgan fingerprint density at radius 3 is 1.29 bits per heavy atom. The third-order valence-corrected chi connectivity index (χ3v) is 10.8. The second-order valence-corrected chi connectivity index (χ2v) is 14.8. The lowest BCUT2D eigenvalue weighted by Gasteiger charge is -2.20. The van der Waals surface area contributed by atoms with E-state index in [0.29, 0.717) is 28.5 Å². The second kappa shape index (κ2) is 14.8. The highest BCUT2D eigenvalue weighted by Gasteiger charge is 2.25. The first kappa shape index (κ1) is 35.4. The third-order valence-electron chi connectivity index (χ3n) is 10.8. The molecule has 278 valence electrons. The molecule has 0 bridgehead atoms. The summed E-state index contributed by atoms with van der Waals surface area (Å²) in [6, 6.07) is 64.2. The molecule has 3 aromatic heterocycles. The largest absolute Gasteiger partial charge is 0.308 e. The quantitative estimate of drug-likeness (QED) is 0.162. The van der Waals surface area contributed by atoms with E-state index in [1.165, 1.54) is 0 Å². The van der Waals surface area contributed by atoms with Crippen LogP contribution in [0.1, 0.15) is 16.7 Å². The van der Waals surface area contributed by atoms with E-state index in [0.717, 1.165) is 83.5 Å². The fraction of sp³-hybridized carbons (Fsp3) is 0.0377. The first-order valence-electron chi connectivity index (χ1n) is 19.6. The molecule has 6 nitrogen and oxygen atoms in total. The normalized spacial score (nSPS) is 11.2. The minimum atomic E-state index is 0.461. The molecule has 0 radical (unpaired) electrons. The molecule has 0 amide bonds. The summed E-state index contributed by atoms with van der Waals surface area (Å²) >= 11 is 0. The predicted octanol–water partition coefficient (Wildman–Crippen LogP) is 12.9. The average molecular weight is 757 g/mol. The number of hydrogen-bond donors (Lipinski definition) is 0. The summed E-state index contributed by atoms with van der Waals surface area (Å²) in [6.07, 6.45) is 0. The number of aromatic nitrogens is 5. The number of hydrogen-bond acceptors (Lipinski definition) is 5. The lowest BCUT2D eigenvalue weighted by Crippen LogP contribution is -2.06. The fourth-order valence-corrected chi connectivity index (χ4v) is 7.92. The number of rotatable bonds is 7. The summed E-state index contributed by atoms with van der Waals surface area (Å²) in [4.78, 5) is 21.1. The molecule has 3 heterocycles. The van der Waals surface area contributed by atoms with Crippen LogP contribution in [0, 0.1) is 25.2 Å². The van der Waals surface area contributed by atoms with Crippen LogP contribution in [-0.4, -0.2) is 24.5 Å². The lowest BCUT2D eigenvalue weighted by molar-refractivity contribution is 1.12. The van der Waals surface area contributed by atoms with Crippen LogP contribution in [0.3, 0.4) is 0 Å². The molecular weight excluding hydrogens is 721 g/mol. The SMILES string of the molecule is Cc1ccc2c3ccc(C)cc3n(-c3c(-c4cc(-c5ccccc5)nc(-c5ccccc5)n4)cc(C#N)cc3-c3nc(-c4ccccc4)cc(-c4ccccc4)n3)c2c1. The first-order valence-corrected chi connectivity index (χ1v) is 19.6. The van der Waals surface area contributed by atoms with Crippen molar-refractivity contribution in [3.63, 3.8) is 0 Å². The van der Waals surface area contributed by atoms with Crippen molar-refractivity contribution in [2.24, 2.45) is 0 Å². The molecule has 6 heteroatoms. The number of nitrogens with zero attached hydrogens (tertiary/aromatic N) is 6. The van der Waals surface area contributed by atoms with Crippen molar-refractivity contribution in [3.05, 3.63) is 199 Å². The summed E-state index contributed by atoms with van der Waals surface area (Å²) in [5.74, 6) is 1.08. The van der Waals surface area contributed by atoms with Gasteiger partial charge in [-0.2, -0.15) is 5.26 Å². The molecule has 10 rings (SSSR count). The third kappa shape index (κ3) is 6.61. The zero-order chi connectivity index (χ0) is 39.9. The molecule has 0 saturated heterocycles. The van der Waals surface area contributed by atoms with E-state index in [4.69, 9.17) is 19.9 Å². The highest BCUT2D eigenvalue weighted by atomic mass is 15.0. The molecule has 0 aliphatic rings. The predicted molar refractivity (Wildman–Crippen MR) is 239 cm³/mol. The summed E-state index contributed by atoms with van der Waals surface area (Å²) < 4.78 is 2.32. The number of fused-ring (bicyclic) bond motifs is 3. The molecule has 10 aromatic rings. The van der Waals surface area contributed by atoms with Crippen LogP contribution in [-0.2, 0) is 0 Å². The van der Waals surface area contributed by atoms with E-state index in [1.807, 2.05) is 109 Å². The van der Waals surface area contributed by atoms with Crippen LogP contribution in [0.4, 0.5) is 0 Å². The highest BCUT2D eigenvalue weighted by Crippen LogP contribution is 2.43. The molecule has 0 atom stereocenters. The van der Waals surface area contributed by atoms with Crippen LogP contribution in [0.2, 0.25) is 0 Å². The summed E-state index contributed by atoms with van der Waals surface area (Å²) in [7, 11) is 0. The first-order chi connectivity index (χ1) is 29.0. The van der Waals surface area contributed by atoms with Crippen molar-refractivity contribution in [1.29, 1.82) is 5.26 Å². The summed E-state index contributed by atoms with van der Waals surface area (Å²) in [5.41, 5.74) is 13.8. The Morgan fingerprint density at radius 2 is 0.814 bits per heavy atom. The molecule has 0 spiro atoms. The maximum atomic E-state index is 10.8. The topological polar surface area (TPSA) is 80.3 Å². The Bertz CT molecular complexity index is 2900. The van der Waals surface area contributed by atoms with Crippen molar-refractivity contribution >= 4 is 21.8 Å². The van der Waals surface area contributed by atoms with Gasteiger partial charge in [0.25, 0.3) is 0 Å². The van der Waals surface area contributed by atoms with Crippen molar-refractivity contribution in [3.8, 4) is 79.6 Å². The van der Waals surface area contributed by atoms with Gasteiger partial charge in [-0.3, -0.25) is 0 Å². The van der Waals surface area contributed by atoms with Crippen molar-refractivity contribution in [2.75, 3.05) is 0 Å². The van der Waals surface area contributed by atoms with E-state index in [2.05, 4.69) is 97.3 Å². The molecule has 59 heavy (non-hydrogen) atoms. The van der Waals surface area contributed by atoms with E-state index >= 15 is 0 Å². The van der Waals surface area contributed by atoms with Crippen LogP contribution in [0.15, 0.2) is 182 Å². The Kier molecular flexibility index (Phi) is 8.89. The van der Waals surface area contributed by atoms with Gasteiger partial charge in [-0.15, -0.1) is 0 Å². The van der Waals surface area contributed by atoms with Gasteiger partial charge in [-0.05, 0) is 61.4 Å². The second-order valence-electron chi connectivity index (χ2n) is 14.8. The van der Waals surface area contributed by atoms with Crippen LogP contribution < -0.4 is 0 Å². The van der Waals surface area contributed by atoms with E-state index in [9.17, 15) is 5.26 Å². The van der Waals surface area contributed by atoms with Gasteiger partial charge in [0.15, 0.2) is 11.6 Å². The number of benzene rings is 7. The van der Waals surface area contributed by atoms with E-state index in [1.54, 1.807) is 0 Å².